The van der Waals surface area contributed by atoms with E-state index in [2.05, 4.69) is 26.2 Å². The number of rotatable bonds is 2. The second kappa shape index (κ2) is 4.10. The van der Waals surface area contributed by atoms with Crippen LogP contribution in [0.5, 0.6) is 0 Å². The smallest absolute Gasteiger partial charge is 0.00665 e. The summed E-state index contributed by atoms with van der Waals surface area (Å²) in [5, 5.41) is 3.37. The van der Waals surface area contributed by atoms with E-state index in [1.54, 1.807) is 0 Å². The summed E-state index contributed by atoms with van der Waals surface area (Å²) in [5.41, 5.74) is 0. The van der Waals surface area contributed by atoms with Crippen molar-refractivity contribution in [3.63, 3.8) is 0 Å². The summed E-state index contributed by atoms with van der Waals surface area (Å²) in [6.07, 6.45) is 5.77. The van der Waals surface area contributed by atoms with E-state index in [0.29, 0.717) is 6.04 Å². The third-order valence-corrected chi connectivity index (χ3v) is 3.28. The van der Waals surface area contributed by atoms with Crippen LogP contribution in [0.4, 0.5) is 0 Å². The van der Waals surface area contributed by atoms with E-state index in [0.717, 1.165) is 11.8 Å². The molecule has 11 heavy (non-hydrogen) atoms. The molecule has 0 spiro atoms. The van der Waals surface area contributed by atoms with Gasteiger partial charge in [-0.2, -0.15) is 0 Å². The summed E-state index contributed by atoms with van der Waals surface area (Å²) in [4.78, 5) is 0. The first kappa shape index (κ1) is 9.05. The standard InChI is InChI=1S/C10H21N/c1-8-6-4-5-7-10(8)9(2)11-3/h8-11H,4-7H2,1-3H3/t8-,9?,10?/m0/s1. The van der Waals surface area contributed by atoms with Crippen molar-refractivity contribution in [3.05, 3.63) is 0 Å². The van der Waals surface area contributed by atoms with Crippen molar-refractivity contribution in [1.82, 2.24) is 5.32 Å². The summed E-state index contributed by atoms with van der Waals surface area (Å²) in [5.74, 6) is 1.86. The van der Waals surface area contributed by atoms with Crippen LogP contribution in [0.15, 0.2) is 0 Å². The summed E-state index contributed by atoms with van der Waals surface area (Å²) in [7, 11) is 2.08. The predicted octanol–water partition coefficient (Wildman–Crippen LogP) is 2.42. The van der Waals surface area contributed by atoms with Crippen molar-refractivity contribution >= 4 is 0 Å². The molecule has 2 unspecified atom stereocenters. The largest absolute Gasteiger partial charge is 0.317 e. The van der Waals surface area contributed by atoms with Crippen LogP contribution < -0.4 is 5.32 Å². The normalized spacial score (nSPS) is 35.2. The van der Waals surface area contributed by atoms with E-state index in [-0.39, 0.29) is 0 Å². The lowest BCUT2D eigenvalue weighted by Gasteiger charge is -2.33. The molecular weight excluding hydrogens is 134 g/mol. The first-order chi connectivity index (χ1) is 5.25. The molecule has 1 fully saturated rings. The fraction of sp³-hybridized carbons (Fsp3) is 1.00. The zero-order valence-corrected chi connectivity index (χ0v) is 8.06. The molecule has 1 heteroatoms. The van der Waals surface area contributed by atoms with Gasteiger partial charge in [0.15, 0.2) is 0 Å². The lowest BCUT2D eigenvalue weighted by molar-refractivity contribution is 0.209. The zero-order valence-electron chi connectivity index (χ0n) is 8.06. The second-order valence-electron chi connectivity index (χ2n) is 4.00. The molecule has 0 radical (unpaired) electrons. The second-order valence-corrected chi connectivity index (χ2v) is 4.00. The molecule has 1 N–H and O–H groups in total. The van der Waals surface area contributed by atoms with Gasteiger partial charge < -0.3 is 5.32 Å². The van der Waals surface area contributed by atoms with Crippen molar-refractivity contribution in [3.8, 4) is 0 Å². The van der Waals surface area contributed by atoms with Gasteiger partial charge in [-0.3, -0.25) is 0 Å². The first-order valence-corrected chi connectivity index (χ1v) is 4.93. The summed E-state index contributed by atoms with van der Waals surface area (Å²) in [6, 6.07) is 0.713. The Morgan fingerprint density at radius 3 is 2.45 bits per heavy atom. The predicted molar refractivity (Wildman–Crippen MR) is 49.6 cm³/mol. The fourth-order valence-electron chi connectivity index (χ4n) is 2.30. The molecule has 1 nitrogen and oxygen atoms in total. The van der Waals surface area contributed by atoms with Crippen LogP contribution in [-0.4, -0.2) is 13.1 Å². The van der Waals surface area contributed by atoms with E-state index in [1.165, 1.54) is 25.7 Å². The molecule has 0 saturated heterocycles. The Bertz CT molecular complexity index is 107. The Labute approximate surface area is 70.6 Å². The average molecular weight is 155 g/mol. The number of nitrogens with one attached hydrogen (secondary N) is 1. The molecule has 1 rings (SSSR count). The van der Waals surface area contributed by atoms with Crippen molar-refractivity contribution in [2.45, 2.75) is 45.6 Å². The molecule has 0 heterocycles. The van der Waals surface area contributed by atoms with Gasteiger partial charge in [0.05, 0.1) is 0 Å². The van der Waals surface area contributed by atoms with E-state index < -0.39 is 0 Å². The van der Waals surface area contributed by atoms with E-state index in [4.69, 9.17) is 0 Å². The van der Waals surface area contributed by atoms with Gasteiger partial charge >= 0.3 is 0 Å². The lowest BCUT2D eigenvalue weighted by atomic mass is 9.77. The van der Waals surface area contributed by atoms with Crippen LogP contribution in [0.1, 0.15) is 39.5 Å². The monoisotopic (exact) mass is 155 g/mol. The molecule has 0 aromatic heterocycles. The molecule has 0 amide bonds. The summed E-state index contributed by atoms with van der Waals surface area (Å²) < 4.78 is 0. The van der Waals surface area contributed by atoms with Crippen LogP contribution in [0.3, 0.4) is 0 Å². The van der Waals surface area contributed by atoms with Crippen LogP contribution in [0, 0.1) is 11.8 Å². The van der Waals surface area contributed by atoms with Gasteiger partial charge in [0.1, 0.15) is 0 Å². The van der Waals surface area contributed by atoms with Gasteiger partial charge in [-0.15, -0.1) is 0 Å². The minimum atomic E-state index is 0.713. The third-order valence-electron chi connectivity index (χ3n) is 3.28. The first-order valence-electron chi connectivity index (χ1n) is 4.93. The van der Waals surface area contributed by atoms with Crippen molar-refractivity contribution in [2.75, 3.05) is 7.05 Å². The molecule has 0 bridgehead atoms. The van der Waals surface area contributed by atoms with Gasteiger partial charge in [0.25, 0.3) is 0 Å². The molecule has 0 aromatic carbocycles. The van der Waals surface area contributed by atoms with E-state index in [9.17, 15) is 0 Å². The topological polar surface area (TPSA) is 12.0 Å². The molecule has 0 aromatic rings. The van der Waals surface area contributed by atoms with Crippen molar-refractivity contribution < 1.29 is 0 Å². The van der Waals surface area contributed by atoms with E-state index >= 15 is 0 Å². The highest BCUT2D eigenvalue weighted by Gasteiger charge is 2.24. The number of hydrogen-bond donors (Lipinski definition) is 1. The SMILES string of the molecule is CNC(C)C1CCCC[C@@H]1C. The molecular formula is C10H21N. The van der Waals surface area contributed by atoms with Crippen molar-refractivity contribution in [1.29, 1.82) is 0 Å². The molecule has 1 aliphatic rings. The maximum atomic E-state index is 3.37. The van der Waals surface area contributed by atoms with Crippen LogP contribution in [0.2, 0.25) is 0 Å². The highest BCUT2D eigenvalue weighted by Crippen LogP contribution is 2.31. The van der Waals surface area contributed by atoms with Crippen molar-refractivity contribution in [2.24, 2.45) is 11.8 Å². The Hall–Kier alpha value is -0.0400. The molecule has 1 aliphatic carbocycles. The highest BCUT2D eigenvalue weighted by molar-refractivity contribution is 4.79. The maximum Gasteiger partial charge on any atom is 0.00665 e. The highest BCUT2D eigenvalue weighted by atomic mass is 14.9. The average Bonchev–Trinajstić information content (AvgIpc) is 2.04. The van der Waals surface area contributed by atoms with Gasteiger partial charge in [-0.05, 0) is 32.2 Å². The quantitative estimate of drug-likeness (QED) is 0.645. The fourth-order valence-corrected chi connectivity index (χ4v) is 2.30. The van der Waals surface area contributed by atoms with Gasteiger partial charge in [-0.1, -0.05) is 26.2 Å². The van der Waals surface area contributed by atoms with Crippen LogP contribution in [0.25, 0.3) is 0 Å². The minimum Gasteiger partial charge on any atom is -0.317 e. The Morgan fingerprint density at radius 1 is 1.27 bits per heavy atom. The Morgan fingerprint density at radius 2 is 1.91 bits per heavy atom. The summed E-state index contributed by atoms with van der Waals surface area (Å²) >= 11 is 0. The lowest BCUT2D eigenvalue weighted by Crippen LogP contribution is -2.35. The van der Waals surface area contributed by atoms with Gasteiger partial charge in [-0.25, -0.2) is 0 Å². The van der Waals surface area contributed by atoms with Gasteiger partial charge in [0.2, 0.25) is 0 Å². The van der Waals surface area contributed by atoms with E-state index in [1.807, 2.05) is 0 Å². The van der Waals surface area contributed by atoms with Crippen LogP contribution >= 0.6 is 0 Å². The molecule has 66 valence electrons. The maximum absolute atomic E-state index is 3.37. The number of hydrogen-bond acceptors (Lipinski definition) is 1. The van der Waals surface area contributed by atoms with Gasteiger partial charge in [0, 0.05) is 6.04 Å². The minimum absolute atomic E-state index is 0.713. The Kier molecular flexibility index (Phi) is 3.38. The molecule has 0 aliphatic heterocycles. The van der Waals surface area contributed by atoms with Crippen LogP contribution in [-0.2, 0) is 0 Å². The summed E-state index contributed by atoms with van der Waals surface area (Å²) in [6.45, 7) is 4.71. The molecule has 3 atom stereocenters. The third kappa shape index (κ3) is 2.19. The zero-order chi connectivity index (χ0) is 8.27. The Balaban J connectivity index is 2.40. The molecule has 1 saturated carbocycles.